The van der Waals surface area contributed by atoms with Gasteiger partial charge in [0.1, 0.15) is 116 Å². The summed E-state index contributed by atoms with van der Waals surface area (Å²) in [6.07, 6.45) is -48.2. The topological polar surface area (TPSA) is 444 Å². The number of aliphatic hydroxyl groups excluding tert-OH is 16. The Kier molecular flexibility index (Phi) is 15.9. The lowest BCUT2D eigenvalue weighted by atomic mass is 9.96. The fourth-order valence-electron chi connectivity index (χ4n) is 6.88. The average molecular weight is 843 g/mol. The van der Waals surface area contributed by atoms with Crippen molar-refractivity contribution in [2.75, 3.05) is 26.4 Å². The largest absolute Gasteiger partial charge is 0.479 e. The second kappa shape index (κ2) is 19.5. The molecule has 0 aromatic rings. The maximum atomic E-state index is 12.3. The molecule has 0 radical (unpaired) electrons. The Bertz CT molecular complexity index is 1280. The molecule has 0 aliphatic carbocycles. The van der Waals surface area contributed by atoms with E-state index in [2.05, 4.69) is 0 Å². The van der Waals surface area contributed by atoms with Gasteiger partial charge in [-0.05, 0) is 0 Å². The Hall–Kier alpha value is -1.53. The molecule has 5 saturated heterocycles. The summed E-state index contributed by atoms with van der Waals surface area (Å²) in [4.78, 5) is 12.3. The van der Waals surface area contributed by atoms with Crippen LogP contribution in [0.2, 0.25) is 0 Å². The second-order valence-electron chi connectivity index (χ2n) is 14.0. The van der Waals surface area contributed by atoms with Crippen LogP contribution in [0.4, 0.5) is 0 Å². The van der Waals surface area contributed by atoms with E-state index in [1.807, 2.05) is 0 Å². The van der Waals surface area contributed by atoms with Gasteiger partial charge < -0.3 is 129 Å². The van der Waals surface area contributed by atoms with Crippen molar-refractivity contribution in [1.29, 1.82) is 0 Å². The van der Waals surface area contributed by atoms with Gasteiger partial charge in [-0.25, -0.2) is 4.79 Å². The minimum Gasteiger partial charge on any atom is -0.479 e. The Morgan fingerprint density at radius 2 is 0.947 bits per heavy atom. The molecule has 25 atom stereocenters. The van der Waals surface area contributed by atoms with Crippen LogP contribution in [-0.2, 0) is 47.4 Å². The van der Waals surface area contributed by atoms with Gasteiger partial charge in [-0.15, -0.1) is 0 Å². The molecule has 5 rings (SSSR count). The SMILES string of the molecule is O=C(O)[C@H]1O[C@H](O[C@H]2[C@H](OC[C@H]3OC(O)[C@@H](O[C@H]4O[C@H](CO)[C@@H](O)[C@H](O)[C@@H]4O)[C@@H](O)[C@@H]3O)O[C@@H]([C@H](O)CO)[C@@H]2O)[C@H](O)[C@@H](O)[C@@H]1O[C@@H]1O[C@H](CO)[C@@H](O)[C@H](O)[C@@H]1O. The number of carbonyl (C=O) groups is 1. The minimum absolute atomic E-state index is 0.828. The number of carboxylic acid groups (broad SMARTS) is 1. The van der Waals surface area contributed by atoms with Crippen molar-refractivity contribution in [1.82, 2.24) is 0 Å². The maximum Gasteiger partial charge on any atom is 0.335 e. The molecule has 57 heavy (non-hydrogen) atoms. The van der Waals surface area contributed by atoms with Crippen molar-refractivity contribution in [3.05, 3.63) is 0 Å². The molecule has 0 spiro atoms. The Labute approximate surface area is 320 Å². The molecule has 0 aromatic carbocycles. The van der Waals surface area contributed by atoms with E-state index in [0.29, 0.717) is 0 Å². The van der Waals surface area contributed by atoms with Gasteiger partial charge in [0, 0.05) is 0 Å². The molecule has 0 saturated carbocycles. The van der Waals surface area contributed by atoms with E-state index < -0.39 is 186 Å². The third-order valence-corrected chi connectivity index (χ3v) is 10.2. The van der Waals surface area contributed by atoms with Gasteiger partial charge >= 0.3 is 5.97 Å². The summed E-state index contributed by atoms with van der Waals surface area (Å²) in [6.45, 7) is -3.54. The highest BCUT2D eigenvalue weighted by molar-refractivity contribution is 5.73. The normalized spacial score (nSPS) is 51.4. The molecule has 5 aliphatic heterocycles. The van der Waals surface area contributed by atoms with E-state index >= 15 is 0 Å². The molecule has 0 aromatic heterocycles. The van der Waals surface area contributed by atoms with Gasteiger partial charge in [0.2, 0.25) is 0 Å². The number of rotatable bonds is 14. The lowest BCUT2D eigenvalue weighted by Crippen LogP contribution is -2.66. The van der Waals surface area contributed by atoms with Crippen molar-refractivity contribution in [2.24, 2.45) is 0 Å². The lowest BCUT2D eigenvalue weighted by Gasteiger charge is -2.45. The number of carboxylic acids is 1. The summed E-state index contributed by atoms with van der Waals surface area (Å²) in [5.41, 5.74) is 0. The van der Waals surface area contributed by atoms with Crippen LogP contribution in [0.5, 0.6) is 0 Å². The highest BCUT2D eigenvalue weighted by Gasteiger charge is 2.57. The summed E-state index contributed by atoms with van der Waals surface area (Å²) in [6, 6.07) is 0. The highest BCUT2D eigenvalue weighted by atomic mass is 16.8. The zero-order chi connectivity index (χ0) is 42.2. The molecule has 5 aliphatic rings. The third-order valence-electron chi connectivity index (χ3n) is 10.2. The number of hydrogen-bond donors (Lipinski definition) is 17. The van der Waals surface area contributed by atoms with Gasteiger partial charge in [-0.1, -0.05) is 0 Å². The predicted octanol–water partition coefficient (Wildman–Crippen LogP) is -11.8. The van der Waals surface area contributed by atoms with Crippen molar-refractivity contribution in [2.45, 2.75) is 154 Å². The summed E-state index contributed by atoms with van der Waals surface area (Å²) in [5.74, 6) is -1.84. The summed E-state index contributed by atoms with van der Waals surface area (Å²) in [7, 11) is 0. The fourth-order valence-corrected chi connectivity index (χ4v) is 6.88. The first-order chi connectivity index (χ1) is 26.9. The molecular formula is C30H50O27. The van der Waals surface area contributed by atoms with E-state index in [1.54, 1.807) is 0 Å². The smallest absolute Gasteiger partial charge is 0.335 e. The zero-order valence-electron chi connectivity index (χ0n) is 29.4. The summed E-state index contributed by atoms with van der Waals surface area (Å²) >= 11 is 0. The summed E-state index contributed by atoms with van der Waals surface area (Å²) in [5, 5.41) is 174. The van der Waals surface area contributed by atoms with Crippen molar-refractivity contribution < 1.29 is 134 Å². The monoisotopic (exact) mass is 842 g/mol. The highest BCUT2D eigenvalue weighted by Crippen LogP contribution is 2.35. The number of hydrogen-bond acceptors (Lipinski definition) is 26. The Balaban J connectivity index is 1.26. The van der Waals surface area contributed by atoms with Gasteiger partial charge in [0.25, 0.3) is 0 Å². The molecule has 0 amide bonds. The van der Waals surface area contributed by atoms with Gasteiger partial charge in [-0.2, -0.15) is 0 Å². The van der Waals surface area contributed by atoms with Crippen LogP contribution >= 0.6 is 0 Å². The first-order valence-electron chi connectivity index (χ1n) is 17.6. The first-order valence-corrected chi connectivity index (χ1v) is 17.6. The quantitative estimate of drug-likeness (QED) is 0.0772. The molecule has 1 unspecified atom stereocenters. The van der Waals surface area contributed by atoms with Crippen LogP contribution in [0, 0.1) is 0 Å². The molecular weight excluding hydrogens is 792 g/mol. The van der Waals surface area contributed by atoms with E-state index in [1.165, 1.54) is 0 Å². The van der Waals surface area contributed by atoms with E-state index in [4.69, 9.17) is 42.6 Å². The zero-order valence-corrected chi connectivity index (χ0v) is 29.4. The van der Waals surface area contributed by atoms with Gasteiger partial charge in [0.05, 0.1) is 26.4 Å². The lowest BCUT2D eigenvalue weighted by molar-refractivity contribution is -0.367. The molecule has 0 bridgehead atoms. The van der Waals surface area contributed by atoms with E-state index in [0.717, 1.165) is 0 Å². The van der Waals surface area contributed by atoms with Crippen LogP contribution in [0.1, 0.15) is 0 Å². The number of aliphatic carboxylic acids is 1. The predicted molar refractivity (Wildman–Crippen MR) is 167 cm³/mol. The Morgan fingerprint density at radius 1 is 0.491 bits per heavy atom. The maximum absolute atomic E-state index is 12.3. The van der Waals surface area contributed by atoms with Gasteiger partial charge in [0.15, 0.2) is 37.6 Å². The molecule has 332 valence electrons. The molecule has 27 nitrogen and oxygen atoms in total. The van der Waals surface area contributed by atoms with Crippen LogP contribution in [0.25, 0.3) is 0 Å². The van der Waals surface area contributed by atoms with Crippen LogP contribution in [0.3, 0.4) is 0 Å². The van der Waals surface area contributed by atoms with Crippen LogP contribution in [0.15, 0.2) is 0 Å². The van der Waals surface area contributed by atoms with Gasteiger partial charge in [-0.3, -0.25) is 0 Å². The number of ether oxygens (including phenoxy) is 9. The third kappa shape index (κ3) is 9.53. The molecule has 5 fully saturated rings. The average Bonchev–Trinajstić information content (AvgIpc) is 3.50. The number of aliphatic hydroxyl groups is 16. The van der Waals surface area contributed by atoms with Crippen LogP contribution < -0.4 is 0 Å². The summed E-state index contributed by atoms with van der Waals surface area (Å²) < 4.78 is 48.4. The standard InChI is InChI=1S/C30H50O27/c31-1-5(34)20-19(45)23(56-29-18(44)15(41)21(24(57-29)25(46)47)54-27-16(42)12(38)9(35)6(2-32)51-27)30(53-20)49-4-8-11(37)14(40)22(26(48)50-8)55-28-17(43)13(39)10(36)7(3-33)52-28/h5-24,26-45,48H,1-4H2,(H,46,47)/t5-,6-,7-,8-,9-,10-,11-,12+,13+,14+,15-,16+,17+,18-,19+,20+,21+,22+,23-,24+,26?,27+,28-,29+,30-/m1/s1. The van der Waals surface area contributed by atoms with Crippen molar-refractivity contribution in [3.8, 4) is 0 Å². The van der Waals surface area contributed by atoms with Crippen LogP contribution in [-0.4, -0.2) is 273 Å². The van der Waals surface area contributed by atoms with E-state index in [-0.39, 0.29) is 0 Å². The van der Waals surface area contributed by atoms with Crippen molar-refractivity contribution >= 4 is 5.97 Å². The second-order valence-corrected chi connectivity index (χ2v) is 14.0. The first kappa shape index (κ1) is 46.5. The molecule has 5 heterocycles. The van der Waals surface area contributed by atoms with Crippen molar-refractivity contribution in [3.63, 3.8) is 0 Å². The fraction of sp³-hybridized carbons (Fsp3) is 0.967. The van der Waals surface area contributed by atoms with E-state index in [9.17, 15) is 91.6 Å². The molecule has 17 N–H and O–H groups in total. The molecule has 27 heteroatoms. The Morgan fingerprint density at radius 3 is 1.46 bits per heavy atom. The minimum atomic E-state index is -2.26.